The van der Waals surface area contributed by atoms with Crippen LogP contribution in [0.2, 0.25) is 0 Å². The van der Waals surface area contributed by atoms with E-state index in [-0.39, 0.29) is 23.7 Å². The molecule has 1 aromatic carbocycles. The van der Waals surface area contributed by atoms with Crippen LogP contribution < -0.4 is 0 Å². The van der Waals surface area contributed by atoms with Gasteiger partial charge < -0.3 is 14.6 Å². The van der Waals surface area contributed by atoms with Crippen molar-refractivity contribution in [3.8, 4) is 0 Å². The Bertz CT molecular complexity index is 692. The maximum absolute atomic E-state index is 12.7. The number of nitrogens with one attached hydrogen (secondary N) is 1. The number of aromatic nitrogens is 1. The fourth-order valence-corrected chi connectivity index (χ4v) is 3.01. The van der Waals surface area contributed by atoms with E-state index in [4.69, 9.17) is 4.74 Å². The molecule has 0 aliphatic carbocycles. The maximum Gasteiger partial charge on any atom is 0.310 e. The fraction of sp³-hybridized carbons (Fsp3) is 0.375. The number of carbonyl (C=O) groups excluding carboxylic acids is 2. The van der Waals surface area contributed by atoms with E-state index in [1.54, 1.807) is 11.1 Å². The number of aromatic amines is 1. The van der Waals surface area contributed by atoms with Gasteiger partial charge in [-0.25, -0.2) is 0 Å². The molecule has 0 bridgehead atoms. The highest BCUT2D eigenvalue weighted by Crippen LogP contribution is 2.27. The molecule has 2 atom stereocenters. The molecule has 2 aromatic rings. The number of amides is 1. The highest BCUT2D eigenvalue weighted by Gasteiger charge is 2.38. The number of ether oxygens (including phenoxy) is 1. The van der Waals surface area contributed by atoms with Crippen molar-refractivity contribution in [1.29, 1.82) is 0 Å². The number of carbonyl (C=O) groups is 2. The first-order valence-electron chi connectivity index (χ1n) is 7.05. The Kier molecular flexibility index (Phi) is 3.41. The number of methoxy groups -OCH3 is 1. The number of benzene rings is 1. The first-order valence-corrected chi connectivity index (χ1v) is 7.05. The lowest BCUT2D eigenvalue weighted by Crippen LogP contribution is -2.30. The maximum atomic E-state index is 12.7. The molecule has 1 aliphatic rings. The molecule has 5 nitrogen and oxygen atoms in total. The van der Waals surface area contributed by atoms with Gasteiger partial charge in [-0.1, -0.05) is 25.1 Å². The van der Waals surface area contributed by atoms with Crippen LogP contribution in [0.1, 0.15) is 17.3 Å². The Hall–Kier alpha value is -2.30. The van der Waals surface area contributed by atoms with Crippen molar-refractivity contribution in [2.45, 2.75) is 6.92 Å². The molecule has 5 heteroatoms. The van der Waals surface area contributed by atoms with Crippen LogP contribution in [0.3, 0.4) is 0 Å². The molecule has 1 N–H and O–H groups in total. The summed E-state index contributed by atoms with van der Waals surface area (Å²) in [5, 5.41) is 0.914. The van der Waals surface area contributed by atoms with Crippen molar-refractivity contribution in [2.75, 3.05) is 20.2 Å². The molecule has 1 aliphatic heterocycles. The van der Waals surface area contributed by atoms with Gasteiger partial charge in [-0.15, -0.1) is 0 Å². The molecule has 1 aromatic heterocycles. The molecular formula is C16H18N2O3. The van der Waals surface area contributed by atoms with E-state index in [1.807, 2.05) is 31.2 Å². The summed E-state index contributed by atoms with van der Waals surface area (Å²) < 4.78 is 4.81. The number of para-hydroxylation sites is 1. The number of rotatable bonds is 2. The van der Waals surface area contributed by atoms with Crippen molar-refractivity contribution in [2.24, 2.45) is 11.8 Å². The smallest absolute Gasteiger partial charge is 0.310 e. The lowest BCUT2D eigenvalue weighted by Gasteiger charge is -2.15. The van der Waals surface area contributed by atoms with Crippen molar-refractivity contribution in [3.63, 3.8) is 0 Å². The third-order valence-corrected chi connectivity index (χ3v) is 4.22. The SMILES string of the molecule is COC(=O)C1CN(C(=O)c2c[nH]c3ccccc23)CC1C. The Labute approximate surface area is 122 Å². The molecule has 2 heterocycles. The standard InChI is InChI=1S/C16H18N2O3/c1-10-8-18(9-13(10)16(20)21-2)15(19)12-7-17-14-6-4-3-5-11(12)14/h3-7,10,13,17H,8-9H2,1-2H3. The lowest BCUT2D eigenvalue weighted by atomic mass is 9.99. The topological polar surface area (TPSA) is 62.4 Å². The van der Waals surface area contributed by atoms with Gasteiger partial charge >= 0.3 is 5.97 Å². The highest BCUT2D eigenvalue weighted by molar-refractivity contribution is 6.06. The van der Waals surface area contributed by atoms with Gasteiger partial charge in [0.05, 0.1) is 18.6 Å². The Morgan fingerprint density at radius 3 is 2.81 bits per heavy atom. The van der Waals surface area contributed by atoms with Crippen molar-refractivity contribution in [3.05, 3.63) is 36.0 Å². The quantitative estimate of drug-likeness (QED) is 0.859. The summed E-state index contributed by atoms with van der Waals surface area (Å²) in [6.45, 7) is 2.98. The zero-order chi connectivity index (χ0) is 15.0. The second kappa shape index (κ2) is 5.24. The largest absolute Gasteiger partial charge is 0.469 e. The molecule has 0 radical (unpaired) electrons. The zero-order valence-electron chi connectivity index (χ0n) is 12.1. The van der Waals surface area contributed by atoms with Crippen molar-refractivity contribution in [1.82, 2.24) is 9.88 Å². The number of hydrogen-bond donors (Lipinski definition) is 1. The second-order valence-electron chi connectivity index (χ2n) is 5.57. The van der Waals surface area contributed by atoms with Crippen molar-refractivity contribution >= 4 is 22.8 Å². The van der Waals surface area contributed by atoms with E-state index in [9.17, 15) is 9.59 Å². The van der Waals surface area contributed by atoms with E-state index in [0.29, 0.717) is 18.7 Å². The minimum Gasteiger partial charge on any atom is -0.469 e. The van der Waals surface area contributed by atoms with E-state index >= 15 is 0 Å². The number of nitrogens with zero attached hydrogens (tertiary/aromatic N) is 1. The van der Waals surface area contributed by atoms with Gasteiger partial charge in [-0.3, -0.25) is 9.59 Å². The number of hydrogen-bond acceptors (Lipinski definition) is 3. The summed E-state index contributed by atoms with van der Waals surface area (Å²) in [6, 6.07) is 7.71. The second-order valence-corrected chi connectivity index (χ2v) is 5.57. The van der Waals surface area contributed by atoms with E-state index in [1.165, 1.54) is 7.11 Å². The van der Waals surface area contributed by atoms with Gasteiger partial charge in [0.2, 0.25) is 0 Å². The van der Waals surface area contributed by atoms with Crippen LogP contribution in [0.4, 0.5) is 0 Å². The molecule has 1 amide bonds. The fourth-order valence-electron chi connectivity index (χ4n) is 3.01. The van der Waals surface area contributed by atoms with E-state index in [0.717, 1.165) is 10.9 Å². The molecule has 21 heavy (non-hydrogen) atoms. The summed E-state index contributed by atoms with van der Waals surface area (Å²) in [4.78, 5) is 29.3. The summed E-state index contributed by atoms with van der Waals surface area (Å²) >= 11 is 0. The minimum atomic E-state index is -0.239. The van der Waals surface area contributed by atoms with E-state index < -0.39 is 0 Å². The van der Waals surface area contributed by atoms with Crippen molar-refractivity contribution < 1.29 is 14.3 Å². The lowest BCUT2D eigenvalue weighted by molar-refractivity contribution is -0.146. The predicted molar refractivity (Wildman–Crippen MR) is 78.9 cm³/mol. The number of likely N-dealkylation sites (tertiary alicyclic amines) is 1. The molecule has 1 fully saturated rings. The third-order valence-electron chi connectivity index (χ3n) is 4.22. The van der Waals surface area contributed by atoms with Gasteiger partial charge in [0.1, 0.15) is 0 Å². The van der Waals surface area contributed by atoms with Crippen LogP contribution in [0, 0.1) is 11.8 Å². The van der Waals surface area contributed by atoms with Crippen LogP contribution in [0.5, 0.6) is 0 Å². The Morgan fingerprint density at radius 2 is 2.05 bits per heavy atom. The Morgan fingerprint density at radius 1 is 1.29 bits per heavy atom. The average Bonchev–Trinajstić information content (AvgIpc) is 3.09. The minimum absolute atomic E-state index is 0.0364. The van der Waals surface area contributed by atoms with Gasteiger partial charge in [-0.2, -0.15) is 0 Å². The Balaban J connectivity index is 1.85. The number of fused-ring (bicyclic) bond motifs is 1. The van der Waals surface area contributed by atoms with Crippen LogP contribution in [-0.2, 0) is 9.53 Å². The number of H-pyrrole nitrogens is 1. The summed E-state index contributed by atoms with van der Waals surface area (Å²) in [5.41, 5.74) is 1.60. The summed E-state index contributed by atoms with van der Waals surface area (Å²) in [6.07, 6.45) is 1.74. The predicted octanol–water partition coefficient (Wildman–Crippen LogP) is 2.05. The van der Waals surface area contributed by atoms with Gasteiger partial charge in [0.25, 0.3) is 5.91 Å². The molecule has 110 valence electrons. The molecule has 0 spiro atoms. The third kappa shape index (κ3) is 2.28. The molecular weight excluding hydrogens is 268 g/mol. The van der Waals surface area contributed by atoms with Crippen LogP contribution in [0.15, 0.2) is 30.5 Å². The normalized spacial score (nSPS) is 21.7. The van der Waals surface area contributed by atoms with Gasteiger partial charge in [0, 0.05) is 30.2 Å². The highest BCUT2D eigenvalue weighted by atomic mass is 16.5. The summed E-state index contributed by atoms with van der Waals surface area (Å²) in [7, 11) is 1.39. The zero-order valence-corrected chi connectivity index (χ0v) is 12.1. The first kappa shape index (κ1) is 13.7. The van der Waals surface area contributed by atoms with Crippen LogP contribution in [0.25, 0.3) is 10.9 Å². The average molecular weight is 286 g/mol. The monoisotopic (exact) mass is 286 g/mol. The molecule has 3 rings (SSSR count). The van der Waals surface area contributed by atoms with Crippen LogP contribution in [-0.4, -0.2) is 42.0 Å². The number of esters is 1. The molecule has 2 unspecified atom stereocenters. The summed E-state index contributed by atoms with van der Waals surface area (Å²) in [5.74, 6) is -0.391. The molecule has 0 saturated carbocycles. The van der Waals surface area contributed by atoms with Gasteiger partial charge in [-0.05, 0) is 12.0 Å². The van der Waals surface area contributed by atoms with Gasteiger partial charge in [0.15, 0.2) is 0 Å². The van der Waals surface area contributed by atoms with E-state index in [2.05, 4.69) is 4.98 Å². The van der Waals surface area contributed by atoms with Crippen LogP contribution >= 0.6 is 0 Å². The first-order chi connectivity index (χ1) is 10.1. The molecule has 1 saturated heterocycles.